The van der Waals surface area contributed by atoms with Crippen molar-refractivity contribution < 1.29 is 17.2 Å². The van der Waals surface area contributed by atoms with Crippen molar-refractivity contribution in [3.63, 3.8) is 0 Å². The van der Waals surface area contributed by atoms with Crippen molar-refractivity contribution in [2.75, 3.05) is 10.7 Å². The van der Waals surface area contributed by atoms with E-state index < -0.39 is 33.8 Å². The molecule has 1 aromatic heterocycles. The molecule has 0 unspecified atom stereocenters. The van der Waals surface area contributed by atoms with Crippen molar-refractivity contribution in [1.29, 1.82) is 0 Å². The van der Waals surface area contributed by atoms with E-state index in [0.717, 1.165) is 28.8 Å². The van der Waals surface area contributed by atoms with E-state index in [4.69, 9.17) is 23.2 Å². The summed E-state index contributed by atoms with van der Waals surface area (Å²) in [7, 11) is -4.15. The first-order valence-corrected chi connectivity index (χ1v) is 13.6. The van der Waals surface area contributed by atoms with E-state index >= 15 is 0 Å². The molecule has 0 saturated heterocycles. The van der Waals surface area contributed by atoms with Gasteiger partial charge < -0.3 is 0 Å². The highest BCUT2D eigenvalue weighted by Crippen LogP contribution is 2.29. The van der Waals surface area contributed by atoms with E-state index in [1.807, 2.05) is 0 Å². The molecule has 0 amide bonds. The van der Waals surface area contributed by atoms with Gasteiger partial charge >= 0.3 is 0 Å². The molecule has 0 spiro atoms. The van der Waals surface area contributed by atoms with Crippen LogP contribution in [0.5, 0.6) is 0 Å². The number of rotatable bonds is 7. The van der Waals surface area contributed by atoms with Gasteiger partial charge in [-0.3, -0.25) is 4.79 Å². The minimum atomic E-state index is -4.15. The number of fused-ring (bicyclic) bond motifs is 1. The first-order valence-electron chi connectivity index (χ1n) is 10.1. The van der Waals surface area contributed by atoms with Gasteiger partial charge in [-0.2, -0.15) is 9.09 Å². The monoisotopic (exact) mass is 555 g/mol. The Hall–Kier alpha value is -2.66. The van der Waals surface area contributed by atoms with Crippen LogP contribution in [0.1, 0.15) is 11.1 Å². The van der Waals surface area contributed by atoms with E-state index in [1.165, 1.54) is 36.4 Å². The highest BCUT2D eigenvalue weighted by Gasteiger charge is 2.26. The number of sulfonamides is 1. The van der Waals surface area contributed by atoms with Gasteiger partial charge in [-0.25, -0.2) is 22.2 Å². The molecule has 0 aliphatic heterocycles. The van der Waals surface area contributed by atoms with Gasteiger partial charge in [0, 0.05) is 26.9 Å². The molecule has 35 heavy (non-hydrogen) atoms. The van der Waals surface area contributed by atoms with E-state index in [0.29, 0.717) is 9.93 Å². The Morgan fingerprint density at radius 1 is 0.943 bits per heavy atom. The van der Waals surface area contributed by atoms with Crippen LogP contribution in [-0.2, 0) is 22.3 Å². The molecule has 4 rings (SSSR count). The lowest BCUT2D eigenvalue weighted by Gasteiger charge is -2.27. The first kappa shape index (κ1) is 25.4. The fourth-order valence-electron chi connectivity index (χ4n) is 3.36. The minimum absolute atomic E-state index is 0.00668. The molecule has 182 valence electrons. The average molecular weight is 556 g/mol. The summed E-state index contributed by atoms with van der Waals surface area (Å²) in [6.45, 7) is -0.571. The van der Waals surface area contributed by atoms with Gasteiger partial charge in [0.1, 0.15) is 11.6 Å². The molecule has 3 aromatic carbocycles. The number of thioether (sulfide) groups is 1. The Morgan fingerprint density at radius 3 is 2.14 bits per heavy atom. The second kappa shape index (κ2) is 10.1. The number of benzene rings is 3. The molecule has 0 atom stereocenters. The van der Waals surface area contributed by atoms with Crippen molar-refractivity contribution in [2.24, 2.45) is 0 Å². The zero-order valence-electron chi connectivity index (χ0n) is 18.1. The van der Waals surface area contributed by atoms with Gasteiger partial charge in [0.05, 0.1) is 23.7 Å². The molecule has 4 aromatic rings. The number of aromatic nitrogens is 2. The van der Waals surface area contributed by atoms with E-state index in [1.54, 1.807) is 18.2 Å². The van der Waals surface area contributed by atoms with Crippen LogP contribution >= 0.6 is 35.0 Å². The lowest BCUT2D eigenvalue weighted by molar-refractivity contribution is 0.540. The summed E-state index contributed by atoms with van der Waals surface area (Å²) < 4.78 is 56.2. The zero-order chi connectivity index (χ0) is 25.3. The van der Waals surface area contributed by atoms with Gasteiger partial charge in [-0.05, 0) is 36.4 Å². The highest BCUT2D eigenvalue weighted by molar-refractivity contribution is 7.98. The maximum absolute atomic E-state index is 14.6. The molecular weight excluding hydrogens is 539 g/mol. The third-order valence-electron chi connectivity index (χ3n) is 5.09. The van der Waals surface area contributed by atoms with Crippen LogP contribution in [0.2, 0.25) is 10.0 Å². The van der Waals surface area contributed by atoms with Gasteiger partial charge in [-0.1, -0.05) is 59.2 Å². The summed E-state index contributed by atoms with van der Waals surface area (Å²) in [6, 6.07) is 14.5. The summed E-state index contributed by atoms with van der Waals surface area (Å²) in [5.74, 6) is -1.34. The predicted octanol–water partition coefficient (Wildman–Crippen LogP) is 5.37. The Balaban J connectivity index is 1.91. The maximum Gasteiger partial charge on any atom is 0.281 e. The largest absolute Gasteiger partial charge is 0.281 e. The van der Waals surface area contributed by atoms with E-state index in [-0.39, 0.29) is 37.5 Å². The number of nitrogens with zero attached hydrogens (tertiary/aromatic N) is 3. The zero-order valence-corrected chi connectivity index (χ0v) is 21.2. The van der Waals surface area contributed by atoms with E-state index in [9.17, 15) is 22.0 Å². The average Bonchev–Trinajstić information content (AvgIpc) is 2.79. The number of hydrogen-bond donors (Lipinski definition) is 0. The summed E-state index contributed by atoms with van der Waals surface area (Å²) in [4.78, 5) is 18.0. The van der Waals surface area contributed by atoms with Crippen molar-refractivity contribution in [3.8, 4) is 0 Å². The lowest BCUT2D eigenvalue weighted by atomic mass is 10.2. The van der Waals surface area contributed by atoms with Crippen molar-refractivity contribution in [1.82, 2.24) is 9.66 Å². The molecule has 0 aliphatic rings. The Labute approximate surface area is 214 Å². The SMILES string of the molecule is CS(=O)(=O)N(Cc1c(F)cccc1Cl)n1c(SCc2c(F)cccc2Cl)nc2ccccc2c1=O. The van der Waals surface area contributed by atoms with Gasteiger partial charge in [0.2, 0.25) is 10.0 Å². The molecule has 0 N–H and O–H groups in total. The Kier molecular flexibility index (Phi) is 7.37. The molecule has 12 heteroatoms. The maximum atomic E-state index is 14.6. The second-order valence-electron chi connectivity index (χ2n) is 7.46. The summed E-state index contributed by atoms with van der Waals surface area (Å²) >= 11 is 13.2. The van der Waals surface area contributed by atoms with Crippen LogP contribution in [0.4, 0.5) is 8.78 Å². The van der Waals surface area contributed by atoms with Crippen LogP contribution in [0.15, 0.2) is 70.6 Å². The van der Waals surface area contributed by atoms with Crippen molar-refractivity contribution in [3.05, 3.63) is 104 Å². The van der Waals surface area contributed by atoms with Crippen molar-refractivity contribution >= 4 is 55.9 Å². The number of hydrogen-bond acceptors (Lipinski definition) is 5. The quantitative estimate of drug-likeness (QED) is 0.226. The third-order valence-corrected chi connectivity index (χ3v) is 7.81. The Bertz CT molecular complexity index is 1560. The van der Waals surface area contributed by atoms with Gasteiger partial charge in [-0.15, -0.1) is 0 Å². The predicted molar refractivity (Wildman–Crippen MR) is 135 cm³/mol. The van der Waals surface area contributed by atoms with Gasteiger partial charge in [0.25, 0.3) is 5.56 Å². The molecule has 0 saturated carbocycles. The molecule has 0 aliphatic carbocycles. The van der Waals surface area contributed by atoms with Crippen LogP contribution in [0.3, 0.4) is 0 Å². The van der Waals surface area contributed by atoms with E-state index in [2.05, 4.69) is 4.98 Å². The van der Waals surface area contributed by atoms with Crippen LogP contribution in [0, 0.1) is 11.6 Å². The molecule has 0 fully saturated rings. The molecule has 1 heterocycles. The summed E-state index contributed by atoms with van der Waals surface area (Å²) in [6.07, 6.45) is 0.881. The standard InChI is InChI=1S/C23H17Cl2F2N3O3S2/c1-35(32,33)29(12-15-17(24)7-4-9-19(15)26)30-22(31)14-6-2-3-11-21(14)28-23(30)34-13-16-18(25)8-5-10-20(16)27/h2-11H,12-13H2,1H3. The molecular formula is C23H17Cl2F2N3O3S2. The van der Waals surface area contributed by atoms with Crippen LogP contribution in [0.25, 0.3) is 10.9 Å². The highest BCUT2D eigenvalue weighted by atomic mass is 35.5. The fourth-order valence-corrected chi connectivity index (χ4v) is 5.78. The number of halogens is 4. The fraction of sp³-hybridized carbons (Fsp3) is 0.130. The first-order chi connectivity index (χ1) is 16.6. The number of para-hydroxylation sites is 1. The topological polar surface area (TPSA) is 72.3 Å². The van der Waals surface area contributed by atoms with Crippen LogP contribution < -0.4 is 9.97 Å². The second-order valence-corrected chi connectivity index (χ2v) is 11.1. The van der Waals surface area contributed by atoms with Gasteiger partial charge in [0.15, 0.2) is 5.16 Å². The molecule has 6 nitrogen and oxygen atoms in total. The smallest absolute Gasteiger partial charge is 0.267 e. The summed E-state index contributed by atoms with van der Waals surface area (Å²) in [5.41, 5.74) is -0.340. The summed E-state index contributed by atoms with van der Waals surface area (Å²) in [5, 5.41) is 0.262. The van der Waals surface area contributed by atoms with Crippen molar-refractivity contribution in [2.45, 2.75) is 17.5 Å². The Morgan fingerprint density at radius 2 is 1.54 bits per heavy atom. The molecule has 0 radical (unpaired) electrons. The minimum Gasteiger partial charge on any atom is -0.267 e. The third kappa shape index (κ3) is 5.30. The normalized spacial score (nSPS) is 11.7. The lowest BCUT2D eigenvalue weighted by Crippen LogP contribution is -2.46. The van der Waals surface area contributed by atoms with Crippen LogP contribution in [-0.4, -0.2) is 24.3 Å². The molecule has 0 bridgehead atoms.